The number of halogens is 1. The molecule has 0 bridgehead atoms. The lowest BCUT2D eigenvalue weighted by atomic mass is 9.83. The van der Waals surface area contributed by atoms with Gasteiger partial charge in [0, 0.05) is 17.9 Å². The SMILES string of the molecule is CCOc1ccc(Cc2cc([C@@H]3O[C@H](CC)[C@@H](C)[C@H](OCc4ccccc4)[C@H]3OCc3ccccc3)c3c(c2Cl)OCCCO3)cc1. The second-order valence-corrected chi connectivity index (χ2v) is 12.7. The number of benzene rings is 4. The van der Waals surface area contributed by atoms with Crippen LogP contribution >= 0.6 is 11.6 Å². The van der Waals surface area contributed by atoms with Crippen molar-refractivity contribution >= 4 is 11.6 Å². The molecule has 4 aromatic rings. The zero-order chi connectivity index (χ0) is 32.6. The molecule has 0 spiro atoms. The molecule has 1 saturated heterocycles. The van der Waals surface area contributed by atoms with Crippen molar-refractivity contribution in [1.82, 2.24) is 0 Å². The lowest BCUT2D eigenvalue weighted by Crippen LogP contribution is -2.51. The van der Waals surface area contributed by atoms with E-state index in [1.165, 1.54) is 0 Å². The molecule has 0 unspecified atom stereocenters. The molecule has 2 aliphatic heterocycles. The molecule has 2 heterocycles. The van der Waals surface area contributed by atoms with Gasteiger partial charge >= 0.3 is 0 Å². The van der Waals surface area contributed by atoms with Gasteiger partial charge in [-0.2, -0.15) is 0 Å². The zero-order valence-electron chi connectivity index (χ0n) is 27.5. The molecule has 5 atom stereocenters. The molecule has 2 aliphatic rings. The molecule has 0 saturated carbocycles. The van der Waals surface area contributed by atoms with Gasteiger partial charge in [0.25, 0.3) is 0 Å². The highest BCUT2D eigenvalue weighted by Gasteiger charge is 2.47. The van der Waals surface area contributed by atoms with E-state index in [0.29, 0.717) is 56.0 Å². The van der Waals surface area contributed by atoms with Crippen molar-refractivity contribution in [3.05, 3.63) is 124 Å². The van der Waals surface area contributed by atoms with Gasteiger partial charge in [0.2, 0.25) is 0 Å². The van der Waals surface area contributed by atoms with E-state index < -0.39 is 12.2 Å². The number of fused-ring (bicyclic) bond motifs is 1. The van der Waals surface area contributed by atoms with Gasteiger partial charge in [0.15, 0.2) is 11.5 Å². The fourth-order valence-corrected chi connectivity index (χ4v) is 6.82. The first kappa shape index (κ1) is 33.4. The van der Waals surface area contributed by atoms with Crippen molar-refractivity contribution in [3.8, 4) is 17.2 Å². The van der Waals surface area contributed by atoms with E-state index in [9.17, 15) is 0 Å². The molecule has 0 N–H and O–H groups in total. The molecule has 0 aromatic heterocycles. The van der Waals surface area contributed by atoms with E-state index in [1.807, 2.05) is 55.5 Å². The van der Waals surface area contributed by atoms with Crippen LogP contribution in [0.25, 0.3) is 0 Å². The van der Waals surface area contributed by atoms with Crippen LogP contribution in [0.3, 0.4) is 0 Å². The molecule has 6 nitrogen and oxygen atoms in total. The maximum atomic E-state index is 7.12. The summed E-state index contributed by atoms with van der Waals surface area (Å²) in [5.41, 5.74) is 5.13. The highest BCUT2D eigenvalue weighted by molar-refractivity contribution is 6.33. The Morgan fingerprint density at radius 3 is 1.98 bits per heavy atom. The first-order chi connectivity index (χ1) is 23.1. The molecule has 4 aromatic carbocycles. The van der Waals surface area contributed by atoms with E-state index >= 15 is 0 Å². The Labute approximate surface area is 283 Å². The second kappa shape index (κ2) is 16.0. The van der Waals surface area contributed by atoms with Crippen molar-refractivity contribution in [2.45, 2.75) is 77.7 Å². The Kier molecular flexibility index (Phi) is 11.4. The maximum Gasteiger partial charge on any atom is 0.180 e. The Morgan fingerprint density at radius 2 is 1.36 bits per heavy atom. The number of hydrogen-bond donors (Lipinski definition) is 0. The molecule has 0 radical (unpaired) electrons. The minimum atomic E-state index is -0.479. The first-order valence-electron chi connectivity index (χ1n) is 16.8. The summed E-state index contributed by atoms with van der Waals surface area (Å²) in [5, 5.41) is 0.564. The van der Waals surface area contributed by atoms with Crippen LogP contribution in [0.4, 0.5) is 0 Å². The summed E-state index contributed by atoms with van der Waals surface area (Å²) in [7, 11) is 0. The van der Waals surface area contributed by atoms with Crippen molar-refractivity contribution < 1.29 is 28.4 Å². The standard InChI is InChI=1S/C40H45ClO6/c1-4-34-27(3)36(45-25-29-13-8-6-9-14-29)40(46-26-30-15-10-7-11-16-30)38(47-34)33-24-31(23-28-17-19-32(20-18-28)42-5-2)35(41)39-37(33)43-21-12-22-44-39/h6-11,13-20,24,27,34,36,38,40H,4-5,12,21-23,25-26H2,1-3H3/t27-,34-,36+,38+,40-/m1/s1. The minimum Gasteiger partial charge on any atom is -0.494 e. The summed E-state index contributed by atoms with van der Waals surface area (Å²) in [6, 6.07) is 30.8. The fraction of sp³-hybridized carbons (Fsp3) is 0.400. The normalized spacial score (nSPS) is 22.4. The molecular formula is C40H45ClO6. The van der Waals surface area contributed by atoms with Crippen molar-refractivity contribution in [2.75, 3.05) is 19.8 Å². The Morgan fingerprint density at radius 1 is 0.745 bits per heavy atom. The molecule has 248 valence electrons. The van der Waals surface area contributed by atoms with E-state index in [-0.39, 0.29) is 18.1 Å². The average Bonchev–Trinajstić information content (AvgIpc) is 3.37. The fourth-order valence-electron chi connectivity index (χ4n) is 6.56. The highest BCUT2D eigenvalue weighted by atomic mass is 35.5. The Balaban J connectivity index is 1.41. The summed E-state index contributed by atoms with van der Waals surface area (Å²) in [5.74, 6) is 2.14. The average molecular weight is 657 g/mol. The lowest BCUT2D eigenvalue weighted by molar-refractivity contribution is -0.235. The Hall–Kier alpha value is -3.55. The number of ether oxygens (including phenoxy) is 6. The molecule has 0 aliphatic carbocycles. The first-order valence-corrected chi connectivity index (χ1v) is 17.2. The number of rotatable bonds is 12. The smallest absolute Gasteiger partial charge is 0.180 e. The molecule has 0 amide bonds. The predicted molar refractivity (Wildman–Crippen MR) is 185 cm³/mol. The molecular weight excluding hydrogens is 612 g/mol. The lowest BCUT2D eigenvalue weighted by Gasteiger charge is -2.46. The third kappa shape index (κ3) is 7.95. The quantitative estimate of drug-likeness (QED) is 0.152. The van der Waals surface area contributed by atoms with Crippen LogP contribution in [0.2, 0.25) is 5.02 Å². The van der Waals surface area contributed by atoms with E-state index in [0.717, 1.165) is 46.4 Å². The van der Waals surface area contributed by atoms with E-state index in [1.54, 1.807) is 0 Å². The van der Waals surface area contributed by atoms with Gasteiger partial charge in [-0.25, -0.2) is 0 Å². The minimum absolute atomic E-state index is 0.0510. The number of hydrogen-bond acceptors (Lipinski definition) is 6. The van der Waals surface area contributed by atoms with Crippen LogP contribution in [0.1, 0.15) is 67.5 Å². The van der Waals surface area contributed by atoms with Crippen LogP contribution in [0.5, 0.6) is 17.2 Å². The highest BCUT2D eigenvalue weighted by Crippen LogP contribution is 2.50. The molecule has 7 heteroatoms. The van der Waals surface area contributed by atoms with Gasteiger partial charge in [0.1, 0.15) is 18.0 Å². The zero-order valence-corrected chi connectivity index (χ0v) is 28.3. The van der Waals surface area contributed by atoms with Crippen LogP contribution in [-0.2, 0) is 33.8 Å². The summed E-state index contributed by atoms with van der Waals surface area (Å²) >= 11 is 7.12. The van der Waals surface area contributed by atoms with Crippen molar-refractivity contribution in [1.29, 1.82) is 0 Å². The predicted octanol–water partition coefficient (Wildman–Crippen LogP) is 9.15. The van der Waals surface area contributed by atoms with Gasteiger partial charge < -0.3 is 28.4 Å². The third-order valence-electron chi connectivity index (χ3n) is 9.02. The van der Waals surface area contributed by atoms with Crippen LogP contribution < -0.4 is 14.2 Å². The summed E-state index contributed by atoms with van der Waals surface area (Å²) in [4.78, 5) is 0. The third-order valence-corrected chi connectivity index (χ3v) is 9.43. The largest absolute Gasteiger partial charge is 0.494 e. The van der Waals surface area contributed by atoms with Gasteiger partial charge in [0.05, 0.1) is 50.3 Å². The molecule has 1 fully saturated rings. The van der Waals surface area contributed by atoms with Gasteiger partial charge in [-0.15, -0.1) is 0 Å². The summed E-state index contributed by atoms with van der Waals surface area (Å²) in [6.07, 6.45) is 1.01. The van der Waals surface area contributed by atoms with Gasteiger partial charge in [-0.1, -0.05) is 98.2 Å². The van der Waals surface area contributed by atoms with Crippen LogP contribution in [-0.4, -0.2) is 38.1 Å². The molecule has 47 heavy (non-hydrogen) atoms. The molecule has 6 rings (SSSR count). The van der Waals surface area contributed by atoms with Crippen molar-refractivity contribution in [3.63, 3.8) is 0 Å². The monoisotopic (exact) mass is 656 g/mol. The van der Waals surface area contributed by atoms with Crippen LogP contribution in [0, 0.1) is 5.92 Å². The van der Waals surface area contributed by atoms with Gasteiger partial charge in [-0.05, 0) is 60.2 Å². The topological polar surface area (TPSA) is 55.4 Å². The second-order valence-electron chi connectivity index (χ2n) is 12.3. The van der Waals surface area contributed by atoms with E-state index in [4.69, 9.17) is 40.0 Å². The Bertz CT molecular complexity index is 1560. The van der Waals surface area contributed by atoms with Crippen LogP contribution in [0.15, 0.2) is 91.0 Å². The maximum absolute atomic E-state index is 7.12. The van der Waals surface area contributed by atoms with Gasteiger partial charge in [-0.3, -0.25) is 0 Å². The van der Waals surface area contributed by atoms with Crippen molar-refractivity contribution in [2.24, 2.45) is 5.92 Å². The van der Waals surface area contributed by atoms with E-state index in [2.05, 4.69) is 56.3 Å². The summed E-state index contributed by atoms with van der Waals surface area (Å²) < 4.78 is 39.1. The summed E-state index contributed by atoms with van der Waals surface area (Å²) in [6.45, 7) is 8.93.